The van der Waals surface area contributed by atoms with Gasteiger partial charge in [-0.1, -0.05) is 38.1 Å². The Balaban J connectivity index is 2.00. The Labute approximate surface area is 173 Å². The van der Waals surface area contributed by atoms with Crippen LogP contribution < -0.4 is 20.2 Å². The van der Waals surface area contributed by atoms with E-state index >= 15 is 0 Å². The van der Waals surface area contributed by atoms with E-state index < -0.39 is 36.2 Å². The van der Waals surface area contributed by atoms with Crippen LogP contribution >= 0.6 is 0 Å². The lowest BCUT2D eigenvalue weighted by molar-refractivity contribution is -1.03. The highest BCUT2D eigenvalue weighted by Gasteiger charge is 2.37. The van der Waals surface area contributed by atoms with Gasteiger partial charge in [-0.15, -0.1) is 0 Å². The molecule has 0 aliphatic heterocycles. The molecule has 0 spiro atoms. The summed E-state index contributed by atoms with van der Waals surface area (Å²) in [6.07, 6.45) is 1.82. The van der Waals surface area contributed by atoms with E-state index in [0.29, 0.717) is 0 Å². The van der Waals surface area contributed by atoms with Crippen molar-refractivity contribution in [2.45, 2.75) is 31.6 Å². The molecule has 1 radical (unpaired) electrons. The quantitative estimate of drug-likeness (QED) is 0.455. The molecular formula is C22H22FIO3S+. The van der Waals surface area contributed by atoms with Crippen LogP contribution in [0, 0.1) is 13.0 Å². The normalized spacial score (nSPS) is 11.7. The third kappa shape index (κ3) is 4.98. The average Bonchev–Trinajstić information content (AvgIpc) is 2.72. The zero-order valence-electron chi connectivity index (χ0n) is 15.7. The molecular weight excluding hydrogens is 490 g/mol. The van der Waals surface area contributed by atoms with Crippen LogP contribution in [0.25, 0.3) is 0 Å². The molecule has 0 N–H and O–H groups in total. The molecule has 28 heavy (non-hydrogen) atoms. The zero-order valence-corrected chi connectivity index (χ0v) is 18.7. The van der Waals surface area contributed by atoms with Crippen LogP contribution in [0.15, 0.2) is 77.7 Å². The van der Waals surface area contributed by atoms with E-state index in [4.69, 9.17) is 2.51 Å². The smallest absolute Gasteiger partial charge is 0.207 e. The van der Waals surface area contributed by atoms with E-state index in [2.05, 4.69) is 13.8 Å². The van der Waals surface area contributed by atoms with Crippen molar-refractivity contribution in [1.29, 1.82) is 0 Å². The second-order valence-corrected chi connectivity index (χ2v) is 12.7. The monoisotopic (exact) mass is 512 g/mol. The molecule has 6 heteroatoms. The van der Waals surface area contributed by atoms with E-state index in [9.17, 15) is 12.8 Å². The van der Waals surface area contributed by atoms with Gasteiger partial charge in [-0.05, 0) is 75.0 Å². The van der Waals surface area contributed by atoms with E-state index in [1.807, 2.05) is 48.5 Å². The van der Waals surface area contributed by atoms with Gasteiger partial charge in [0, 0.05) is 0 Å². The molecule has 0 saturated heterocycles. The summed E-state index contributed by atoms with van der Waals surface area (Å²) in [5, 5.41) is 0. The Bertz CT molecular complexity index is 967. The van der Waals surface area contributed by atoms with Gasteiger partial charge in [0.2, 0.25) is 0 Å². The Morgan fingerprint density at radius 3 is 1.57 bits per heavy atom. The lowest BCUT2D eigenvalue weighted by Gasteiger charge is -2.07. The number of aryl methyl sites for hydroxylation is 2. The number of hydrogen-bond acceptors (Lipinski definition) is 3. The molecule has 3 aromatic rings. The number of rotatable bonds is 7. The third-order valence-corrected chi connectivity index (χ3v) is 11.6. The lowest BCUT2D eigenvalue weighted by atomic mass is 10.2. The fourth-order valence-electron chi connectivity index (χ4n) is 2.59. The first-order valence-corrected chi connectivity index (χ1v) is 13.5. The Kier molecular flexibility index (Phi) is 6.85. The van der Waals surface area contributed by atoms with E-state index in [0.717, 1.165) is 32.1 Å². The van der Waals surface area contributed by atoms with Crippen molar-refractivity contribution in [3.8, 4) is 0 Å². The fraction of sp³-hybridized carbons (Fsp3) is 0.182. The van der Waals surface area contributed by atoms with Gasteiger partial charge in [-0.25, -0.2) is 4.39 Å². The molecule has 0 heterocycles. The Morgan fingerprint density at radius 2 is 1.18 bits per heavy atom. The highest BCUT2D eigenvalue weighted by molar-refractivity contribution is 7.86. The van der Waals surface area contributed by atoms with Gasteiger partial charge in [0.25, 0.3) is 0 Å². The van der Waals surface area contributed by atoms with Gasteiger partial charge < -0.3 is 0 Å². The number of benzene rings is 3. The molecule has 0 bridgehead atoms. The molecule has 0 amide bonds. The topological polar surface area (TPSA) is 43.4 Å². The molecule has 3 rings (SSSR count). The summed E-state index contributed by atoms with van der Waals surface area (Å²) in [6, 6.07) is 20.6. The van der Waals surface area contributed by atoms with Crippen molar-refractivity contribution in [3.05, 3.63) is 96.9 Å². The molecule has 0 atom stereocenters. The van der Waals surface area contributed by atoms with Crippen LogP contribution in [0.4, 0.5) is 4.39 Å². The van der Waals surface area contributed by atoms with Gasteiger partial charge in [-0.3, -0.25) is 0 Å². The van der Waals surface area contributed by atoms with Crippen LogP contribution in [-0.4, -0.2) is 8.42 Å². The summed E-state index contributed by atoms with van der Waals surface area (Å²) in [6.45, 7) is 4.15. The molecule has 3 aromatic carbocycles. The van der Waals surface area contributed by atoms with Crippen LogP contribution in [0.5, 0.6) is 0 Å². The second-order valence-electron chi connectivity index (χ2n) is 6.18. The maximum Gasteiger partial charge on any atom is 0.336 e. The summed E-state index contributed by atoms with van der Waals surface area (Å²) in [7, 11) is -4.00. The maximum absolute atomic E-state index is 13.2. The minimum atomic E-state index is -4.00. The first-order valence-electron chi connectivity index (χ1n) is 9.01. The second kappa shape index (κ2) is 9.15. The van der Waals surface area contributed by atoms with E-state index in [-0.39, 0.29) is 4.90 Å². The van der Waals surface area contributed by atoms with Gasteiger partial charge in [0.1, 0.15) is 5.82 Å². The standard InChI is InChI=1S/C22H22FIO3S/c1-3-17-5-11-20(12-6-17)24(21-13-7-18(4-2)8-14-21)27-28(25,26)22-15-9-19(23)10-16-22/h5-16H,3-4H2,1-2H3/q+1. The molecule has 0 saturated carbocycles. The lowest BCUT2D eigenvalue weighted by Crippen LogP contribution is -3.85. The van der Waals surface area contributed by atoms with Crippen molar-refractivity contribution < 1.29 is 35.6 Å². The summed E-state index contributed by atoms with van der Waals surface area (Å²) in [5.41, 5.74) is 2.37. The van der Waals surface area contributed by atoms with Crippen molar-refractivity contribution in [2.24, 2.45) is 0 Å². The molecule has 0 aliphatic rings. The zero-order chi connectivity index (χ0) is 20.1. The SMILES string of the molecule is CCc1ccc([I+](OS(=O)(=O)c2ccc(F)cc2)c2ccc(CC)cc2)cc1. The van der Waals surface area contributed by atoms with Crippen molar-refractivity contribution in [2.75, 3.05) is 0 Å². The fourth-order valence-corrected chi connectivity index (χ4v) is 9.48. The van der Waals surface area contributed by atoms with Crippen molar-refractivity contribution >= 4 is 10.1 Å². The van der Waals surface area contributed by atoms with Gasteiger partial charge in [0.15, 0.2) is 7.14 Å². The predicted molar refractivity (Wildman–Crippen MR) is 104 cm³/mol. The first-order chi connectivity index (χ1) is 13.4. The third-order valence-electron chi connectivity index (χ3n) is 4.29. The van der Waals surface area contributed by atoms with E-state index in [1.54, 1.807) is 0 Å². The minimum absolute atomic E-state index is 0.0356. The number of halogens is 2. The average molecular weight is 512 g/mol. The molecule has 0 fully saturated rings. The molecule has 0 aromatic heterocycles. The summed E-state index contributed by atoms with van der Waals surface area (Å²) >= 11 is -2.72. The maximum atomic E-state index is 13.2. The summed E-state index contributed by atoms with van der Waals surface area (Å²) < 4.78 is 46.5. The van der Waals surface area contributed by atoms with Gasteiger partial charge in [0.05, 0.1) is 4.90 Å². The Hall–Kier alpha value is -1.77. The molecule has 147 valence electrons. The van der Waals surface area contributed by atoms with Crippen LogP contribution in [0.2, 0.25) is 0 Å². The van der Waals surface area contributed by atoms with Crippen LogP contribution in [0.3, 0.4) is 0 Å². The van der Waals surface area contributed by atoms with Gasteiger partial charge >= 0.3 is 30.4 Å². The summed E-state index contributed by atoms with van der Waals surface area (Å²) in [4.78, 5) is -0.0356. The Morgan fingerprint density at radius 1 is 0.750 bits per heavy atom. The van der Waals surface area contributed by atoms with Crippen molar-refractivity contribution in [3.63, 3.8) is 0 Å². The predicted octanol–water partition coefficient (Wildman–Crippen LogP) is 1.94. The van der Waals surface area contributed by atoms with E-state index in [1.165, 1.54) is 23.3 Å². The minimum Gasteiger partial charge on any atom is -0.207 e. The molecule has 0 unspecified atom stereocenters. The van der Waals surface area contributed by atoms with Crippen LogP contribution in [-0.2, 0) is 25.5 Å². The van der Waals surface area contributed by atoms with Crippen LogP contribution in [0.1, 0.15) is 25.0 Å². The largest absolute Gasteiger partial charge is 0.336 e. The highest BCUT2D eigenvalue weighted by atomic mass is 127. The first kappa shape index (κ1) is 21.0. The van der Waals surface area contributed by atoms with Gasteiger partial charge in [-0.2, -0.15) is 8.42 Å². The molecule has 0 aliphatic carbocycles. The summed E-state index contributed by atoms with van der Waals surface area (Å²) in [5.74, 6) is -0.486. The van der Waals surface area contributed by atoms with Crippen molar-refractivity contribution in [1.82, 2.24) is 0 Å². The highest BCUT2D eigenvalue weighted by Crippen LogP contribution is 2.11. The molecule has 3 nitrogen and oxygen atoms in total. The number of hydrogen-bond donors (Lipinski definition) is 0.